The first-order valence-electron chi connectivity index (χ1n) is 10.7. The van der Waals surface area contributed by atoms with Crippen LogP contribution in [0, 0.1) is 5.95 Å². The second-order valence-electron chi connectivity index (χ2n) is 7.95. The number of hydrogen-bond acceptors (Lipinski definition) is 7. The largest absolute Gasteiger partial charge is 0.439 e. The highest BCUT2D eigenvalue weighted by molar-refractivity contribution is 7.11. The van der Waals surface area contributed by atoms with Crippen LogP contribution in [0.4, 0.5) is 4.39 Å². The molecule has 170 valence electrons. The quantitative estimate of drug-likeness (QED) is 0.537. The van der Waals surface area contributed by atoms with Gasteiger partial charge in [0, 0.05) is 68.5 Å². The van der Waals surface area contributed by atoms with Crippen LogP contribution in [0.1, 0.15) is 20.2 Å². The molecule has 0 N–H and O–H groups in total. The van der Waals surface area contributed by atoms with Gasteiger partial charge in [0.2, 0.25) is 11.8 Å². The summed E-state index contributed by atoms with van der Waals surface area (Å²) in [5.41, 5.74) is 0.576. The Morgan fingerprint density at radius 2 is 1.73 bits per heavy atom. The van der Waals surface area contributed by atoms with E-state index in [0.717, 1.165) is 13.1 Å². The van der Waals surface area contributed by atoms with Gasteiger partial charge < -0.3 is 14.5 Å². The summed E-state index contributed by atoms with van der Waals surface area (Å²) < 4.78 is 18.7. The third kappa shape index (κ3) is 4.71. The topological polar surface area (TPSA) is 78.9 Å². The lowest BCUT2D eigenvalue weighted by Gasteiger charge is -2.48. The smallest absolute Gasteiger partial charge is 0.282 e. The van der Waals surface area contributed by atoms with Gasteiger partial charge in [0.15, 0.2) is 5.01 Å². The molecule has 5 rings (SSSR count). The number of thiazole rings is 1. The Labute approximate surface area is 194 Å². The van der Waals surface area contributed by atoms with Crippen LogP contribution in [0.2, 0.25) is 0 Å². The van der Waals surface area contributed by atoms with Crippen molar-refractivity contribution in [1.82, 2.24) is 24.7 Å². The number of amides is 2. The average Bonchev–Trinajstić information content (AvgIpc) is 3.34. The first-order chi connectivity index (χ1) is 16.1. The fraction of sp³-hybridized carbons (Fsp3) is 0.304. The van der Waals surface area contributed by atoms with E-state index in [-0.39, 0.29) is 17.7 Å². The maximum atomic E-state index is 13.2. The van der Waals surface area contributed by atoms with Crippen molar-refractivity contribution in [3.63, 3.8) is 0 Å². The molecule has 2 amide bonds. The van der Waals surface area contributed by atoms with Crippen LogP contribution in [0.25, 0.3) is 0 Å². The number of likely N-dealkylation sites (tertiary alicyclic amines) is 1. The summed E-state index contributed by atoms with van der Waals surface area (Å²) in [6.45, 7) is 4.28. The molecular formula is C23H22FN5O3S. The van der Waals surface area contributed by atoms with Crippen LogP contribution in [-0.2, 0) is 0 Å². The van der Waals surface area contributed by atoms with Gasteiger partial charge in [0.25, 0.3) is 11.8 Å². The summed E-state index contributed by atoms with van der Waals surface area (Å²) in [4.78, 5) is 39.0. The third-order valence-corrected chi connectivity index (χ3v) is 6.66. The molecule has 4 heterocycles. The summed E-state index contributed by atoms with van der Waals surface area (Å²) >= 11 is 1.36. The number of aromatic nitrogens is 2. The van der Waals surface area contributed by atoms with E-state index in [2.05, 4.69) is 14.9 Å². The van der Waals surface area contributed by atoms with Gasteiger partial charge in [-0.2, -0.15) is 9.37 Å². The molecule has 2 saturated heterocycles. The van der Waals surface area contributed by atoms with Crippen LogP contribution in [0.5, 0.6) is 11.6 Å². The van der Waals surface area contributed by atoms with E-state index < -0.39 is 5.95 Å². The zero-order chi connectivity index (χ0) is 22.8. The Morgan fingerprint density at radius 1 is 0.970 bits per heavy atom. The van der Waals surface area contributed by atoms with Crippen LogP contribution < -0.4 is 4.74 Å². The number of rotatable bonds is 5. The van der Waals surface area contributed by atoms with Crippen LogP contribution in [-0.4, -0.2) is 81.8 Å². The molecule has 0 atom stereocenters. The summed E-state index contributed by atoms with van der Waals surface area (Å²) in [5.74, 6) is -0.00138. The molecule has 0 saturated carbocycles. The second-order valence-corrected chi connectivity index (χ2v) is 8.85. The molecule has 0 unspecified atom stereocenters. The molecule has 0 radical (unpaired) electrons. The monoisotopic (exact) mass is 467 g/mol. The van der Waals surface area contributed by atoms with Crippen molar-refractivity contribution in [3.05, 3.63) is 70.6 Å². The number of carbonyl (C=O) groups is 2. The molecule has 2 aromatic heterocycles. The van der Waals surface area contributed by atoms with E-state index in [9.17, 15) is 14.0 Å². The lowest BCUT2D eigenvalue weighted by Crippen LogP contribution is -2.64. The highest BCUT2D eigenvalue weighted by Crippen LogP contribution is 2.23. The Kier molecular flexibility index (Phi) is 6.01. The number of pyridine rings is 1. The number of ether oxygens (including phenoxy) is 1. The lowest BCUT2D eigenvalue weighted by atomic mass is 10.0. The number of piperazine rings is 1. The van der Waals surface area contributed by atoms with E-state index >= 15 is 0 Å². The number of halogens is 1. The minimum Gasteiger partial charge on any atom is -0.439 e. The van der Waals surface area contributed by atoms with Gasteiger partial charge in [-0.1, -0.05) is 6.07 Å². The van der Waals surface area contributed by atoms with E-state index in [4.69, 9.17) is 4.74 Å². The Balaban J connectivity index is 1.10. The van der Waals surface area contributed by atoms with Crippen molar-refractivity contribution in [3.8, 4) is 11.6 Å². The van der Waals surface area contributed by atoms with Crippen molar-refractivity contribution < 1.29 is 18.7 Å². The maximum absolute atomic E-state index is 13.2. The molecule has 1 aromatic carbocycles. The van der Waals surface area contributed by atoms with Crippen molar-refractivity contribution in [2.24, 2.45) is 0 Å². The zero-order valence-electron chi connectivity index (χ0n) is 17.8. The molecule has 0 spiro atoms. The van der Waals surface area contributed by atoms with Gasteiger partial charge in [-0.05, 0) is 30.3 Å². The van der Waals surface area contributed by atoms with Gasteiger partial charge in [-0.15, -0.1) is 11.3 Å². The number of hydrogen-bond donors (Lipinski definition) is 0. The standard InChI is InChI=1S/C23H22FN5O3S/c24-19-2-1-3-20(26-19)32-18-6-4-16(5-7-18)22(30)29-14-17(15-29)27-9-11-28(12-10-27)23(31)21-25-8-13-33-21/h1-8,13,17H,9-12,14-15H2. The van der Waals surface area contributed by atoms with Crippen LogP contribution in [0.15, 0.2) is 54.0 Å². The van der Waals surface area contributed by atoms with Gasteiger partial charge in [0.1, 0.15) is 5.75 Å². The highest BCUT2D eigenvalue weighted by atomic mass is 32.1. The summed E-state index contributed by atoms with van der Waals surface area (Å²) in [5, 5.41) is 2.35. The van der Waals surface area contributed by atoms with Gasteiger partial charge in [-0.25, -0.2) is 4.98 Å². The second kappa shape index (κ2) is 9.24. The fourth-order valence-corrected chi connectivity index (χ4v) is 4.62. The van der Waals surface area contributed by atoms with Crippen LogP contribution >= 0.6 is 11.3 Å². The molecular weight excluding hydrogens is 445 g/mol. The lowest BCUT2D eigenvalue weighted by molar-refractivity contribution is 0.00853. The Morgan fingerprint density at radius 3 is 2.39 bits per heavy atom. The molecule has 3 aromatic rings. The van der Waals surface area contributed by atoms with Gasteiger partial charge in [-0.3, -0.25) is 14.5 Å². The summed E-state index contributed by atoms with van der Waals surface area (Å²) in [6.07, 6.45) is 1.65. The normalized spacial score (nSPS) is 17.0. The predicted molar refractivity (Wildman–Crippen MR) is 120 cm³/mol. The number of nitrogens with zero attached hydrogens (tertiary/aromatic N) is 5. The molecule has 2 fully saturated rings. The van der Waals surface area contributed by atoms with E-state index in [1.54, 1.807) is 36.5 Å². The first kappa shape index (κ1) is 21.5. The average molecular weight is 468 g/mol. The van der Waals surface area contributed by atoms with E-state index in [0.29, 0.717) is 48.5 Å². The van der Waals surface area contributed by atoms with Crippen molar-refractivity contribution in [2.45, 2.75) is 6.04 Å². The Hall–Kier alpha value is -3.37. The van der Waals surface area contributed by atoms with Crippen molar-refractivity contribution in [2.75, 3.05) is 39.3 Å². The molecule has 2 aliphatic rings. The Bertz CT molecular complexity index is 1130. The number of carbonyl (C=O) groups excluding carboxylic acids is 2. The van der Waals surface area contributed by atoms with E-state index in [1.807, 2.05) is 15.2 Å². The van der Waals surface area contributed by atoms with E-state index in [1.165, 1.54) is 23.5 Å². The zero-order valence-corrected chi connectivity index (χ0v) is 18.6. The van der Waals surface area contributed by atoms with Crippen LogP contribution in [0.3, 0.4) is 0 Å². The van der Waals surface area contributed by atoms with Gasteiger partial charge in [0.05, 0.1) is 0 Å². The SMILES string of the molecule is O=C(c1ccc(Oc2cccc(F)n2)cc1)N1CC(N2CCN(C(=O)c3nccs3)CC2)C1. The molecule has 8 nitrogen and oxygen atoms in total. The summed E-state index contributed by atoms with van der Waals surface area (Å²) in [6, 6.07) is 11.4. The number of benzene rings is 1. The molecule has 2 aliphatic heterocycles. The van der Waals surface area contributed by atoms with Crippen molar-refractivity contribution >= 4 is 23.2 Å². The molecule has 0 bridgehead atoms. The summed E-state index contributed by atoms with van der Waals surface area (Å²) in [7, 11) is 0. The van der Waals surface area contributed by atoms with Crippen molar-refractivity contribution in [1.29, 1.82) is 0 Å². The van der Waals surface area contributed by atoms with Gasteiger partial charge >= 0.3 is 0 Å². The molecule has 0 aliphatic carbocycles. The highest BCUT2D eigenvalue weighted by Gasteiger charge is 2.37. The maximum Gasteiger partial charge on any atom is 0.282 e. The predicted octanol–water partition coefficient (Wildman–Crippen LogP) is 2.75. The fourth-order valence-electron chi connectivity index (χ4n) is 4.02. The molecule has 33 heavy (non-hydrogen) atoms. The third-order valence-electron chi connectivity index (χ3n) is 5.90. The minimum absolute atomic E-state index is 0.00401. The minimum atomic E-state index is -0.612. The first-order valence-corrected chi connectivity index (χ1v) is 11.6. The molecule has 10 heteroatoms.